The molecular weight excluding hydrogens is 307 g/mol. The molecular formula is C7H3BrO2SSe. The van der Waals surface area contributed by atoms with Crippen LogP contribution >= 0.6 is 27.3 Å². The van der Waals surface area contributed by atoms with Crippen molar-refractivity contribution >= 4 is 56.7 Å². The third-order valence-electron chi connectivity index (χ3n) is 1.39. The van der Waals surface area contributed by atoms with Crippen molar-refractivity contribution in [2.45, 2.75) is 0 Å². The van der Waals surface area contributed by atoms with Gasteiger partial charge in [0.1, 0.15) is 0 Å². The monoisotopic (exact) mass is 310 g/mol. The number of carboxylic acid groups (broad SMARTS) is 1. The van der Waals surface area contributed by atoms with E-state index < -0.39 is 5.97 Å². The fraction of sp³-hybridized carbons (Fsp3) is 0. The van der Waals surface area contributed by atoms with Crippen LogP contribution in [0.4, 0.5) is 0 Å². The minimum absolute atomic E-state index is 0.0118. The first-order valence-corrected chi connectivity index (χ1v) is 6.41. The van der Waals surface area contributed by atoms with E-state index in [9.17, 15) is 4.79 Å². The molecule has 0 aliphatic carbocycles. The van der Waals surface area contributed by atoms with Gasteiger partial charge < -0.3 is 0 Å². The van der Waals surface area contributed by atoms with E-state index in [0.717, 1.165) is 9.17 Å². The summed E-state index contributed by atoms with van der Waals surface area (Å²) in [6.45, 7) is 0. The quantitative estimate of drug-likeness (QED) is 0.822. The molecule has 0 fully saturated rings. The van der Waals surface area contributed by atoms with E-state index in [2.05, 4.69) is 15.9 Å². The Morgan fingerprint density at radius 1 is 1.58 bits per heavy atom. The topological polar surface area (TPSA) is 37.3 Å². The number of hydrogen-bond acceptors (Lipinski definition) is 2. The molecule has 2 heterocycles. The molecule has 2 aromatic rings. The Labute approximate surface area is 86.7 Å². The van der Waals surface area contributed by atoms with Crippen molar-refractivity contribution in [3.8, 4) is 0 Å². The summed E-state index contributed by atoms with van der Waals surface area (Å²) in [4.78, 5) is 10.6. The second kappa shape index (κ2) is 3.00. The number of hydrogen-bond donors (Lipinski definition) is 1. The Hall–Kier alpha value is -0.0905. The van der Waals surface area contributed by atoms with Gasteiger partial charge in [-0.15, -0.1) is 0 Å². The van der Waals surface area contributed by atoms with Crippen molar-refractivity contribution in [3.05, 3.63) is 20.4 Å². The standard InChI is InChI=1S/C7H3BrO2SSe/c8-5-2-3-1-4(6(9)10)12-7(3)11-5/h1-2H,(H,9,10). The van der Waals surface area contributed by atoms with E-state index in [-0.39, 0.29) is 14.5 Å². The summed E-state index contributed by atoms with van der Waals surface area (Å²) in [6.07, 6.45) is 0. The molecule has 0 radical (unpaired) electrons. The van der Waals surface area contributed by atoms with Crippen molar-refractivity contribution < 1.29 is 9.90 Å². The van der Waals surface area contributed by atoms with Gasteiger partial charge in [-0.3, -0.25) is 0 Å². The molecule has 2 aromatic heterocycles. The van der Waals surface area contributed by atoms with E-state index >= 15 is 0 Å². The Bertz CT molecular complexity index is 414. The Balaban J connectivity index is 2.64. The predicted molar refractivity (Wildman–Crippen MR) is 53.4 cm³/mol. The van der Waals surface area contributed by atoms with Crippen LogP contribution in [-0.4, -0.2) is 25.6 Å². The number of thiophene rings is 1. The molecule has 0 spiro atoms. The summed E-state index contributed by atoms with van der Waals surface area (Å²) in [5.41, 5.74) is 0. The molecule has 5 heteroatoms. The third kappa shape index (κ3) is 1.38. The van der Waals surface area contributed by atoms with Gasteiger partial charge in [0.05, 0.1) is 0 Å². The summed E-state index contributed by atoms with van der Waals surface area (Å²) in [6, 6.07) is 3.73. The van der Waals surface area contributed by atoms with Crippen LogP contribution in [-0.2, 0) is 0 Å². The Morgan fingerprint density at radius 3 is 2.92 bits per heavy atom. The number of halogens is 1. The average Bonchev–Trinajstić information content (AvgIpc) is 2.42. The summed E-state index contributed by atoms with van der Waals surface area (Å²) >= 11 is 5.01. The van der Waals surface area contributed by atoms with Crippen molar-refractivity contribution in [3.63, 3.8) is 0 Å². The number of fused-ring (bicyclic) bond motifs is 1. The molecule has 0 aromatic carbocycles. The van der Waals surface area contributed by atoms with Crippen molar-refractivity contribution in [1.29, 1.82) is 0 Å². The van der Waals surface area contributed by atoms with Crippen molar-refractivity contribution in [1.82, 2.24) is 0 Å². The molecule has 0 aliphatic rings. The summed E-state index contributed by atoms with van der Waals surface area (Å²) in [5, 5.41) is 9.79. The van der Waals surface area contributed by atoms with E-state index in [1.165, 1.54) is 3.57 Å². The first-order valence-electron chi connectivity index (χ1n) is 3.09. The number of aromatic carboxylic acids is 1. The molecule has 12 heavy (non-hydrogen) atoms. The Morgan fingerprint density at radius 2 is 2.33 bits per heavy atom. The van der Waals surface area contributed by atoms with Gasteiger partial charge in [-0.25, -0.2) is 0 Å². The zero-order valence-electron chi connectivity index (χ0n) is 5.70. The molecule has 0 unspecified atom stereocenters. The fourth-order valence-electron chi connectivity index (χ4n) is 0.914. The first-order chi connectivity index (χ1) is 5.66. The fourth-order valence-corrected chi connectivity index (χ4v) is 5.79. The van der Waals surface area contributed by atoms with E-state index in [4.69, 9.17) is 5.11 Å². The maximum absolute atomic E-state index is 10.6. The molecule has 2 rings (SSSR count). The van der Waals surface area contributed by atoms with Gasteiger partial charge in [-0.2, -0.15) is 0 Å². The molecule has 0 atom stereocenters. The normalized spacial score (nSPS) is 10.8. The summed E-state index contributed by atoms with van der Waals surface area (Å²) < 4.78 is 2.83. The van der Waals surface area contributed by atoms with Crippen LogP contribution in [0.5, 0.6) is 0 Å². The van der Waals surface area contributed by atoms with Crippen LogP contribution in [0.2, 0.25) is 0 Å². The van der Waals surface area contributed by atoms with Gasteiger partial charge in [0.15, 0.2) is 0 Å². The molecule has 0 saturated heterocycles. The van der Waals surface area contributed by atoms with Crippen molar-refractivity contribution in [2.75, 3.05) is 0 Å². The SMILES string of the molecule is O=C(O)c1cc2cc(Br)sc2[se]1. The molecule has 1 N–H and O–H groups in total. The molecule has 0 bridgehead atoms. The van der Waals surface area contributed by atoms with Gasteiger partial charge in [0, 0.05) is 0 Å². The number of rotatable bonds is 1. The maximum atomic E-state index is 10.6. The molecule has 62 valence electrons. The molecule has 2 nitrogen and oxygen atoms in total. The van der Waals surface area contributed by atoms with Crippen LogP contribution in [0.3, 0.4) is 0 Å². The zero-order chi connectivity index (χ0) is 8.72. The predicted octanol–water partition coefficient (Wildman–Crippen LogP) is 2.42. The van der Waals surface area contributed by atoms with Gasteiger partial charge in [-0.1, -0.05) is 0 Å². The Kier molecular flexibility index (Phi) is 2.12. The summed E-state index contributed by atoms with van der Waals surface area (Å²) in [7, 11) is 0. The van der Waals surface area contributed by atoms with Crippen LogP contribution in [0, 0.1) is 0 Å². The number of carbonyl (C=O) groups is 1. The average molecular weight is 310 g/mol. The van der Waals surface area contributed by atoms with Gasteiger partial charge in [0.25, 0.3) is 0 Å². The van der Waals surface area contributed by atoms with Crippen molar-refractivity contribution in [2.24, 2.45) is 0 Å². The number of carboxylic acids is 1. The minimum atomic E-state index is -0.783. The van der Waals surface area contributed by atoms with Gasteiger partial charge in [0.2, 0.25) is 0 Å². The van der Waals surface area contributed by atoms with Gasteiger partial charge in [-0.05, 0) is 0 Å². The van der Waals surface area contributed by atoms with Crippen LogP contribution in [0.25, 0.3) is 8.96 Å². The second-order valence-corrected chi connectivity index (χ2v) is 7.43. The first kappa shape index (κ1) is 8.51. The summed E-state index contributed by atoms with van der Waals surface area (Å²) in [5.74, 6) is -0.783. The van der Waals surface area contributed by atoms with E-state index in [0.29, 0.717) is 4.44 Å². The zero-order valence-corrected chi connectivity index (χ0v) is 9.82. The van der Waals surface area contributed by atoms with E-state index in [1.807, 2.05) is 6.07 Å². The molecule has 0 saturated carbocycles. The third-order valence-corrected chi connectivity index (χ3v) is 5.76. The second-order valence-electron chi connectivity index (χ2n) is 2.21. The van der Waals surface area contributed by atoms with Crippen LogP contribution < -0.4 is 0 Å². The van der Waals surface area contributed by atoms with Gasteiger partial charge >= 0.3 is 87.0 Å². The van der Waals surface area contributed by atoms with E-state index in [1.54, 1.807) is 17.4 Å². The molecule has 0 aliphatic heterocycles. The van der Waals surface area contributed by atoms with Crippen LogP contribution in [0.15, 0.2) is 15.9 Å². The molecule has 0 amide bonds. The van der Waals surface area contributed by atoms with Crippen LogP contribution in [0.1, 0.15) is 9.23 Å².